The van der Waals surface area contributed by atoms with Crippen LogP contribution in [0.1, 0.15) is 38.3 Å². The first-order valence-electron chi connectivity index (χ1n) is 5.76. The molecule has 0 heterocycles. The standard InChI is InChI=1S/C14H20IN/c1-4-16-14(10-5-11(2)3)12-6-8-13(15)9-7-12/h6-9,14,16H,2,4-5,10H2,1,3H3. The summed E-state index contributed by atoms with van der Waals surface area (Å²) in [5.74, 6) is 0. The molecule has 1 rings (SSSR count). The molecule has 0 radical (unpaired) electrons. The summed E-state index contributed by atoms with van der Waals surface area (Å²) in [6.45, 7) is 9.22. The first kappa shape index (κ1) is 13.7. The van der Waals surface area contributed by atoms with Gasteiger partial charge in [-0.15, -0.1) is 6.58 Å². The minimum atomic E-state index is 0.457. The van der Waals surface area contributed by atoms with E-state index in [1.165, 1.54) is 14.7 Å². The van der Waals surface area contributed by atoms with Crippen LogP contribution in [0.3, 0.4) is 0 Å². The van der Waals surface area contributed by atoms with Gasteiger partial charge in [-0.3, -0.25) is 0 Å². The number of hydrogen-bond acceptors (Lipinski definition) is 1. The Labute approximate surface area is 112 Å². The van der Waals surface area contributed by atoms with E-state index in [4.69, 9.17) is 0 Å². The fourth-order valence-corrected chi connectivity index (χ4v) is 2.08. The zero-order valence-electron chi connectivity index (χ0n) is 10.1. The number of halogens is 1. The van der Waals surface area contributed by atoms with E-state index in [2.05, 4.69) is 72.6 Å². The molecule has 16 heavy (non-hydrogen) atoms. The molecular formula is C14H20IN. The van der Waals surface area contributed by atoms with Gasteiger partial charge in [-0.05, 0) is 66.6 Å². The quantitative estimate of drug-likeness (QED) is 0.606. The van der Waals surface area contributed by atoms with Crippen molar-refractivity contribution in [3.8, 4) is 0 Å². The lowest BCUT2D eigenvalue weighted by Gasteiger charge is -2.18. The maximum Gasteiger partial charge on any atom is 0.0323 e. The summed E-state index contributed by atoms with van der Waals surface area (Å²) in [4.78, 5) is 0. The monoisotopic (exact) mass is 329 g/mol. The third kappa shape index (κ3) is 4.66. The fraction of sp³-hybridized carbons (Fsp3) is 0.429. The van der Waals surface area contributed by atoms with Gasteiger partial charge in [0.05, 0.1) is 0 Å². The highest BCUT2D eigenvalue weighted by Crippen LogP contribution is 2.21. The smallest absolute Gasteiger partial charge is 0.0323 e. The lowest BCUT2D eigenvalue weighted by molar-refractivity contribution is 0.514. The van der Waals surface area contributed by atoms with Gasteiger partial charge < -0.3 is 5.32 Å². The predicted octanol–water partition coefficient (Wildman–Crippen LogP) is 4.30. The molecule has 1 atom stereocenters. The molecule has 1 aromatic rings. The average Bonchev–Trinajstić information content (AvgIpc) is 2.25. The molecule has 1 aromatic carbocycles. The van der Waals surface area contributed by atoms with Crippen LogP contribution in [0.25, 0.3) is 0 Å². The molecule has 0 saturated heterocycles. The number of benzene rings is 1. The molecule has 1 unspecified atom stereocenters. The van der Waals surface area contributed by atoms with Crippen molar-refractivity contribution < 1.29 is 0 Å². The van der Waals surface area contributed by atoms with Crippen molar-refractivity contribution in [2.45, 2.75) is 32.7 Å². The molecule has 0 spiro atoms. The Bertz CT molecular complexity index is 329. The van der Waals surface area contributed by atoms with Crippen molar-refractivity contribution in [3.05, 3.63) is 45.6 Å². The minimum Gasteiger partial charge on any atom is -0.310 e. The average molecular weight is 329 g/mol. The first-order valence-corrected chi connectivity index (χ1v) is 6.84. The summed E-state index contributed by atoms with van der Waals surface area (Å²) in [5, 5.41) is 3.53. The van der Waals surface area contributed by atoms with Crippen molar-refractivity contribution in [2.24, 2.45) is 0 Å². The number of allylic oxidation sites excluding steroid dienone is 1. The highest BCUT2D eigenvalue weighted by atomic mass is 127. The predicted molar refractivity (Wildman–Crippen MR) is 79.6 cm³/mol. The molecule has 0 aliphatic heterocycles. The van der Waals surface area contributed by atoms with E-state index in [0.29, 0.717) is 6.04 Å². The van der Waals surface area contributed by atoms with Crippen molar-refractivity contribution in [2.75, 3.05) is 6.54 Å². The van der Waals surface area contributed by atoms with Crippen molar-refractivity contribution in [1.29, 1.82) is 0 Å². The molecule has 0 fully saturated rings. The molecule has 0 aromatic heterocycles. The zero-order chi connectivity index (χ0) is 12.0. The van der Waals surface area contributed by atoms with E-state index in [0.717, 1.165) is 19.4 Å². The van der Waals surface area contributed by atoms with Crippen LogP contribution in [-0.4, -0.2) is 6.54 Å². The Hall–Kier alpha value is -0.350. The van der Waals surface area contributed by atoms with Crippen LogP contribution in [0.4, 0.5) is 0 Å². The summed E-state index contributed by atoms with van der Waals surface area (Å²) in [6.07, 6.45) is 2.22. The van der Waals surface area contributed by atoms with Gasteiger partial charge in [0, 0.05) is 9.61 Å². The van der Waals surface area contributed by atoms with Crippen molar-refractivity contribution >= 4 is 22.6 Å². The van der Waals surface area contributed by atoms with Crippen molar-refractivity contribution in [1.82, 2.24) is 5.32 Å². The minimum absolute atomic E-state index is 0.457. The highest BCUT2D eigenvalue weighted by molar-refractivity contribution is 14.1. The van der Waals surface area contributed by atoms with Crippen LogP contribution in [0.2, 0.25) is 0 Å². The second kappa shape index (κ2) is 7.07. The number of hydrogen-bond donors (Lipinski definition) is 1. The molecule has 2 heteroatoms. The van der Waals surface area contributed by atoms with Crippen LogP contribution in [-0.2, 0) is 0 Å². The summed E-state index contributed by atoms with van der Waals surface area (Å²) in [6, 6.07) is 9.22. The highest BCUT2D eigenvalue weighted by Gasteiger charge is 2.09. The summed E-state index contributed by atoms with van der Waals surface area (Å²) in [5.41, 5.74) is 2.64. The molecule has 0 aliphatic carbocycles. The van der Waals surface area contributed by atoms with E-state index in [1.54, 1.807) is 0 Å². The maximum absolute atomic E-state index is 3.97. The lowest BCUT2D eigenvalue weighted by Crippen LogP contribution is -2.20. The Balaban J connectivity index is 2.68. The van der Waals surface area contributed by atoms with Gasteiger partial charge in [-0.25, -0.2) is 0 Å². The molecule has 1 nitrogen and oxygen atoms in total. The van der Waals surface area contributed by atoms with E-state index >= 15 is 0 Å². The molecular weight excluding hydrogens is 309 g/mol. The first-order chi connectivity index (χ1) is 7.63. The van der Waals surface area contributed by atoms with Crippen LogP contribution >= 0.6 is 22.6 Å². The van der Waals surface area contributed by atoms with Gasteiger partial charge >= 0.3 is 0 Å². The van der Waals surface area contributed by atoms with Crippen molar-refractivity contribution in [3.63, 3.8) is 0 Å². The van der Waals surface area contributed by atoms with Crippen LogP contribution in [0.15, 0.2) is 36.4 Å². The molecule has 1 N–H and O–H groups in total. The van der Waals surface area contributed by atoms with Gasteiger partial charge in [-0.1, -0.05) is 24.6 Å². The van der Waals surface area contributed by atoms with Gasteiger partial charge in [0.25, 0.3) is 0 Å². The third-order valence-corrected chi connectivity index (χ3v) is 3.30. The topological polar surface area (TPSA) is 12.0 Å². The SMILES string of the molecule is C=C(C)CCC(NCC)c1ccc(I)cc1. The molecule has 0 saturated carbocycles. The van der Waals surface area contributed by atoms with E-state index in [-0.39, 0.29) is 0 Å². The Morgan fingerprint density at radius 3 is 2.50 bits per heavy atom. The van der Waals surface area contributed by atoms with Gasteiger partial charge in [0.2, 0.25) is 0 Å². The Kier molecular flexibility index (Phi) is 6.06. The Morgan fingerprint density at radius 2 is 2.00 bits per heavy atom. The summed E-state index contributed by atoms with van der Waals surface area (Å²) in [7, 11) is 0. The normalized spacial score (nSPS) is 12.4. The molecule has 0 aliphatic rings. The second-order valence-corrected chi connectivity index (χ2v) is 5.40. The van der Waals surface area contributed by atoms with Crippen LogP contribution in [0, 0.1) is 3.57 Å². The summed E-state index contributed by atoms with van der Waals surface area (Å²) < 4.78 is 1.29. The van der Waals surface area contributed by atoms with Gasteiger partial charge in [0.15, 0.2) is 0 Å². The molecule has 88 valence electrons. The largest absolute Gasteiger partial charge is 0.310 e. The number of rotatable bonds is 6. The molecule has 0 bridgehead atoms. The fourth-order valence-electron chi connectivity index (χ4n) is 1.72. The zero-order valence-corrected chi connectivity index (χ0v) is 12.3. The maximum atomic E-state index is 3.97. The van der Waals surface area contributed by atoms with Gasteiger partial charge in [-0.2, -0.15) is 0 Å². The van der Waals surface area contributed by atoms with Crippen LogP contribution in [0.5, 0.6) is 0 Å². The number of nitrogens with one attached hydrogen (secondary N) is 1. The summed E-state index contributed by atoms with van der Waals surface area (Å²) >= 11 is 2.34. The molecule has 0 amide bonds. The van der Waals surface area contributed by atoms with E-state index < -0.39 is 0 Å². The van der Waals surface area contributed by atoms with E-state index in [1.807, 2.05) is 0 Å². The third-order valence-electron chi connectivity index (χ3n) is 2.58. The second-order valence-electron chi connectivity index (χ2n) is 4.16. The van der Waals surface area contributed by atoms with E-state index in [9.17, 15) is 0 Å². The van der Waals surface area contributed by atoms with Gasteiger partial charge in [0.1, 0.15) is 0 Å². The Morgan fingerprint density at radius 1 is 1.38 bits per heavy atom. The van der Waals surface area contributed by atoms with Crippen LogP contribution < -0.4 is 5.32 Å². The lowest BCUT2D eigenvalue weighted by atomic mass is 10.00.